The van der Waals surface area contributed by atoms with E-state index in [1.165, 1.54) is 6.07 Å². The van der Waals surface area contributed by atoms with E-state index in [-0.39, 0.29) is 21.5 Å². The maximum atomic E-state index is 12.6. The van der Waals surface area contributed by atoms with Crippen LogP contribution in [0.3, 0.4) is 0 Å². The lowest BCUT2D eigenvalue weighted by Crippen LogP contribution is -2.14. The molecule has 10 heteroatoms. The van der Waals surface area contributed by atoms with Crippen LogP contribution in [0.4, 0.5) is 5.69 Å². The van der Waals surface area contributed by atoms with Crippen molar-refractivity contribution in [1.82, 2.24) is 4.57 Å². The summed E-state index contributed by atoms with van der Waals surface area (Å²) < 4.78 is 35.2. The van der Waals surface area contributed by atoms with E-state index < -0.39 is 16.0 Å². The summed E-state index contributed by atoms with van der Waals surface area (Å²) in [6.07, 6.45) is 0. The van der Waals surface area contributed by atoms with Crippen molar-refractivity contribution >= 4 is 78.1 Å². The van der Waals surface area contributed by atoms with Crippen molar-refractivity contribution in [3.8, 4) is 0 Å². The van der Waals surface area contributed by atoms with Crippen molar-refractivity contribution < 1.29 is 17.9 Å². The molecule has 0 aliphatic rings. The number of nitrogens with one attached hydrogen (secondary N) is 1. The minimum absolute atomic E-state index is 0.184. The molecule has 0 radical (unpaired) electrons. The highest BCUT2D eigenvalue weighted by Gasteiger charge is 2.23. The average Bonchev–Trinajstić information content (AvgIpc) is 3.25. The van der Waals surface area contributed by atoms with Crippen LogP contribution in [0.2, 0.25) is 5.02 Å². The summed E-state index contributed by atoms with van der Waals surface area (Å²) in [5.41, 5.74) is 1.12. The normalized spacial score (nSPS) is 11.7. The number of fused-ring (bicyclic) bond motifs is 1. The first kappa shape index (κ1) is 19.5. The number of aromatic nitrogens is 1. The molecule has 26 heavy (non-hydrogen) atoms. The summed E-state index contributed by atoms with van der Waals surface area (Å²) in [4.78, 5) is 12.2. The molecule has 3 aromatic rings. The highest BCUT2D eigenvalue weighted by molar-refractivity contribution is 14.1. The minimum atomic E-state index is -3.78. The van der Waals surface area contributed by atoms with Crippen LogP contribution >= 0.6 is 45.5 Å². The molecule has 3 rings (SSSR count). The number of carbonyl (C=O) groups excluding carboxylic acids is 1. The lowest BCUT2D eigenvalue weighted by molar-refractivity contribution is 0.0516. The Labute approximate surface area is 173 Å². The Bertz CT molecular complexity index is 1060. The zero-order valence-corrected chi connectivity index (χ0v) is 18.1. The molecule has 2 aromatic heterocycles. The van der Waals surface area contributed by atoms with Gasteiger partial charge in [0.05, 0.1) is 27.4 Å². The van der Waals surface area contributed by atoms with Gasteiger partial charge >= 0.3 is 5.97 Å². The number of halogens is 2. The van der Waals surface area contributed by atoms with Gasteiger partial charge in [0.1, 0.15) is 9.90 Å². The summed E-state index contributed by atoms with van der Waals surface area (Å²) in [7, 11) is -3.78. The van der Waals surface area contributed by atoms with Gasteiger partial charge in [0.25, 0.3) is 10.0 Å². The fourth-order valence-corrected chi connectivity index (χ4v) is 5.58. The number of anilines is 1. The van der Waals surface area contributed by atoms with Gasteiger partial charge in [-0.05, 0) is 30.5 Å². The Balaban J connectivity index is 2.19. The highest BCUT2D eigenvalue weighted by Crippen LogP contribution is 2.36. The molecule has 0 saturated carbocycles. The van der Waals surface area contributed by atoms with Crippen molar-refractivity contribution in [2.24, 2.45) is 0 Å². The number of rotatable bonds is 6. The molecule has 0 saturated heterocycles. The van der Waals surface area contributed by atoms with Gasteiger partial charge in [-0.3, -0.25) is 4.72 Å². The van der Waals surface area contributed by atoms with Crippen LogP contribution in [0.1, 0.15) is 17.4 Å². The van der Waals surface area contributed by atoms with Crippen molar-refractivity contribution in [3.05, 3.63) is 46.4 Å². The number of ether oxygens (including phenoxy) is 1. The zero-order valence-electron chi connectivity index (χ0n) is 13.5. The average molecular weight is 525 g/mol. The molecule has 1 aromatic carbocycles. The zero-order chi connectivity index (χ0) is 18.9. The second-order valence-electron chi connectivity index (χ2n) is 5.20. The van der Waals surface area contributed by atoms with Crippen molar-refractivity contribution in [2.75, 3.05) is 11.3 Å². The largest absolute Gasteiger partial charge is 0.461 e. The third kappa shape index (κ3) is 3.57. The molecule has 6 nitrogen and oxygen atoms in total. The summed E-state index contributed by atoms with van der Waals surface area (Å²) in [6, 6.07) is 8.19. The lowest BCUT2D eigenvalue weighted by Gasteiger charge is -2.13. The minimum Gasteiger partial charge on any atom is -0.461 e. The molecule has 0 spiro atoms. The molecule has 0 aliphatic heterocycles. The lowest BCUT2D eigenvalue weighted by atomic mass is 10.2. The standard InChI is InChI=1S/C16H14ClIN2O4S2/c1-2-24-16(21)12-8-10-5-6-11(17)14(15(10)20(12)9-18)19-26(22,23)13-4-3-7-25-13/h3-8,19H,2,9H2,1H3. The number of hydrogen-bond acceptors (Lipinski definition) is 5. The van der Waals surface area contributed by atoms with Crippen LogP contribution in [0, 0.1) is 0 Å². The van der Waals surface area contributed by atoms with Gasteiger partial charge in [0.15, 0.2) is 0 Å². The first-order valence-electron chi connectivity index (χ1n) is 7.50. The predicted octanol–water partition coefficient (Wildman–Crippen LogP) is 4.73. The molecule has 0 bridgehead atoms. The number of hydrogen-bond donors (Lipinski definition) is 1. The molecule has 0 amide bonds. The molecule has 138 valence electrons. The van der Waals surface area contributed by atoms with Gasteiger partial charge in [0, 0.05) is 5.39 Å². The van der Waals surface area contributed by atoms with Crippen LogP contribution in [0.25, 0.3) is 10.9 Å². The van der Waals surface area contributed by atoms with Crippen LogP contribution < -0.4 is 4.72 Å². The Morgan fingerprint density at radius 1 is 1.38 bits per heavy atom. The predicted molar refractivity (Wildman–Crippen MR) is 112 cm³/mol. The maximum absolute atomic E-state index is 12.6. The van der Waals surface area contributed by atoms with Crippen molar-refractivity contribution in [3.63, 3.8) is 0 Å². The molecule has 0 fully saturated rings. The highest BCUT2D eigenvalue weighted by atomic mass is 127. The molecular weight excluding hydrogens is 511 g/mol. The van der Waals surface area contributed by atoms with Gasteiger partial charge < -0.3 is 9.30 Å². The number of carbonyl (C=O) groups is 1. The van der Waals surface area contributed by atoms with Crippen LogP contribution in [0.15, 0.2) is 39.9 Å². The fourth-order valence-electron chi connectivity index (χ4n) is 2.53. The summed E-state index contributed by atoms with van der Waals surface area (Å²) >= 11 is 9.50. The van der Waals surface area contributed by atoms with Gasteiger partial charge in [-0.2, -0.15) is 0 Å². The quantitative estimate of drug-likeness (QED) is 0.287. The van der Waals surface area contributed by atoms with Crippen LogP contribution in [0.5, 0.6) is 0 Å². The third-order valence-electron chi connectivity index (χ3n) is 3.61. The molecule has 2 heterocycles. The molecule has 1 N–H and O–H groups in total. The number of sulfonamides is 1. The number of benzene rings is 1. The van der Waals surface area contributed by atoms with Gasteiger partial charge in [-0.25, -0.2) is 13.2 Å². The smallest absolute Gasteiger partial charge is 0.354 e. The number of esters is 1. The monoisotopic (exact) mass is 524 g/mol. The van der Waals surface area contributed by atoms with Crippen LogP contribution in [-0.4, -0.2) is 25.6 Å². The Hall–Kier alpha value is -1.30. The third-order valence-corrected chi connectivity index (χ3v) is 7.36. The van der Waals surface area contributed by atoms with Crippen molar-refractivity contribution in [1.29, 1.82) is 0 Å². The summed E-state index contributed by atoms with van der Waals surface area (Å²) in [6.45, 7) is 1.98. The fraction of sp³-hybridized carbons (Fsp3) is 0.188. The van der Waals surface area contributed by atoms with Gasteiger partial charge in [0.2, 0.25) is 0 Å². The van der Waals surface area contributed by atoms with Gasteiger partial charge in [-0.1, -0.05) is 46.3 Å². The number of thiophene rings is 1. The topological polar surface area (TPSA) is 77.4 Å². The molecule has 0 unspecified atom stereocenters. The first-order valence-corrected chi connectivity index (χ1v) is 11.8. The van der Waals surface area contributed by atoms with E-state index in [0.29, 0.717) is 21.1 Å². The van der Waals surface area contributed by atoms with E-state index in [2.05, 4.69) is 27.3 Å². The van der Waals surface area contributed by atoms with Crippen molar-refractivity contribution in [2.45, 2.75) is 15.7 Å². The Morgan fingerprint density at radius 3 is 2.77 bits per heavy atom. The SMILES string of the molecule is CCOC(=O)c1cc2ccc(Cl)c(NS(=O)(=O)c3cccs3)c2n1CI. The van der Waals surface area contributed by atoms with E-state index in [1.54, 1.807) is 41.1 Å². The van der Waals surface area contributed by atoms with E-state index in [1.807, 2.05) is 0 Å². The Morgan fingerprint density at radius 2 is 2.15 bits per heavy atom. The van der Waals surface area contributed by atoms with E-state index >= 15 is 0 Å². The second kappa shape index (κ2) is 7.75. The van der Waals surface area contributed by atoms with E-state index in [9.17, 15) is 13.2 Å². The van der Waals surface area contributed by atoms with E-state index in [4.69, 9.17) is 16.3 Å². The number of alkyl halides is 1. The molecule has 0 aliphatic carbocycles. The summed E-state index contributed by atoms with van der Waals surface area (Å²) in [5, 5.41) is 2.62. The van der Waals surface area contributed by atoms with E-state index in [0.717, 1.165) is 11.3 Å². The van der Waals surface area contributed by atoms with Gasteiger partial charge in [-0.15, -0.1) is 11.3 Å². The first-order chi connectivity index (χ1) is 12.4. The second-order valence-corrected chi connectivity index (χ2v) is 9.14. The maximum Gasteiger partial charge on any atom is 0.354 e. The Kier molecular flexibility index (Phi) is 5.80. The molecule has 0 atom stereocenters. The molecular formula is C16H14ClIN2O4S2. The van der Waals surface area contributed by atoms with Crippen LogP contribution in [-0.2, 0) is 19.3 Å². The number of nitrogens with zero attached hydrogens (tertiary/aromatic N) is 1. The summed E-state index contributed by atoms with van der Waals surface area (Å²) in [5.74, 6) is -0.469.